The van der Waals surface area contributed by atoms with E-state index in [1.807, 2.05) is 50.2 Å². The van der Waals surface area contributed by atoms with Crippen molar-refractivity contribution in [2.24, 2.45) is 0 Å². The molecule has 1 N–H and O–H groups in total. The summed E-state index contributed by atoms with van der Waals surface area (Å²) in [4.78, 5) is 4.31. The molecule has 3 rings (SSSR count). The third-order valence-electron chi connectivity index (χ3n) is 5.04. The quantitative estimate of drug-likeness (QED) is 0.907. The molecule has 1 aliphatic carbocycles. The Hall–Kier alpha value is -2.25. The molecule has 1 aromatic heterocycles. The highest BCUT2D eigenvalue weighted by atomic mass is 19.1. The number of hydrogen-bond acceptors (Lipinski definition) is 3. The van der Waals surface area contributed by atoms with Crippen LogP contribution in [0.4, 0.5) is 4.39 Å². The smallest absolute Gasteiger partial charge is 0.138 e. The summed E-state index contributed by atoms with van der Waals surface area (Å²) in [6.45, 7) is 4.30. The van der Waals surface area contributed by atoms with Crippen LogP contribution in [0.2, 0.25) is 0 Å². The standard InChI is InChI=1S/C20H22FN3/c1-14-6-7-16(9-15(14)2)18(21)12-24-17-10-20(11-17,13-22)19-5-3-4-8-23-19/h3-9,17-18,24H,10-12H2,1-2H3. The molecule has 1 saturated carbocycles. The lowest BCUT2D eigenvalue weighted by atomic mass is 9.64. The van der Waals surface area contributed by atoms with Crippen molar-refractivity contribution in [1.82, 2.24) is 10.3 Å². The molecule has 124 valence electrons. The van der Waals surface area contributed by atoms with Crippen LogP contribution < -0.4 is 5.32 Å². The van der Waals surface area contributed by atoms with Gasteiger partial charge in [-0.05, 0) is 55.5 Å². The monoisotopic (exact) mass is 323 g/mol. The Morgan fingerprint density at radius 3 is 2.71 bits per heavy atom. The largest absolute Gasteiger partial charge is 0.311 e. The second-order valence-electron chi connectivity index (χ2n) is 6.73. The average Bonchev–Trinajstić information content (AvgIpc) is 2.57. The van der Waals surface area contributed by atoms with Gasteiger partial charge in [-0.15, -0.1) is 0 Å². The van der Waals surface area contributed by atoms with Crippen LogP contribution in [0.5, 0.6) is 0 Å². The number of benzene rings is 1. The summed E-state index contributed by atoms with van der Waals surface area (Å²) in [6, 6.07) is 13.9. The molecule has 1 fully saturated rings. The van der Waals surface area contributed by atoms with Crippen molar-refractivity contribution in [2.45, 2.75) is 44.3 Å². The van der Waals surface area contributed by atoms with Crippen molar-refractivity contribution in [3.05, 3.63) is 65.0 Å². The van der Waals surface area contributed by atoms with Crippen LogP contribution in [-0.4, -0.2) is 17.6 Å². The lowest BCUT2D eigenvalue weighted by Gasteiger charge is -2.42. The first-order valence-electron chi connectivity index (χ1n) is 8.31. The molecule has 0 bridgehead atoms. The highest BCUT2D eigenvalue weighted by Gasteiger charge is 2.47. The zero-order chi connectivity index (χ0) is 17.2. The van der Waals surface area contributed by atoms with Gasteiger partial charge in [-0.3, -0.25) is 4.98 Å². The van der Waals surface area contributed by atoms with Crippen molar-refractivity contribution < 1.29 is 4.39 Å². The normalized spacial score (nSPS) is 24.0. The molecule has 0 amide bonds. The predicted octanol–water partition coefficient (Wildman–Crippen LogP) is 3.92. The molecule has 0 spiro atoms. The summed E-state index contributed by atoms with van der Waals surface area (Å²) in [5.74, 6) is 0. The van der Waals surface area contributed by atoms with E-state index in [-0.39, 0.29) is 12.6 Å². The minimum Gasteiger partial charge on any atom is -0.311 e. The Kier molecular flexibility index (Phi) is 4.64. The number of alkyl halides is 1. The molecule has 4 heteroatoms. The van der Waals surface area contributed by atoms with Gasteiger partial charge in [-0.1, -0.05) is 24.3 Å². The summed E-state index contributed by atoms with van der Waals surface area (Å²) >= 11 is 0. The Bertz CT molecular complexity index is 745. The van der Waals surface area contributed by atoms with Crippen LogP contribution in [0.3, 0.4) is 0 Å². The van der Waals surface area contributed by atoms with Gasteiger partial charge in [0.05, 0.1) is 11.8 Å². The summed E-state index contributed by atoms with van der Waals surface area (Å²) in [5, 5.41) is 12.8. The summed E-state index contributed by atoms with van der Waals surface area (Å²) < 4.78 is 14.4. The minimum atomic E-state index is -1.03. The van der Waals surface area contributed by atoms with Crippen LogP contribution in [0.15, 0.2) is 42.6 Å². The Morgan fingerprint density at radius 2 is 2.08 bits per heavy atom. The van der Waals surface area contributed by atoms with Crippen molar-refractivity contribution >= 4 is 0 Å². The Morgan fingerprint density at radius 1 is 1.29 bits per heavy atom. The van der Waals surface area contributed by atoms with E-state index in [1.165, 1.54) is 5.56 Å². The maximum Gasteiger partial charge on any atom is 0.138 e. The molecule has 1 atom stereocenters. The molecule has 1 aliphatic rings. The van der Waals surface area contributed by atoms with Crippen molar-refractivity contribution in [3.63, 3.8) is 0 Å². The number of pyridine rings is 1. The van der Waals surface area contributed by atoms with E-state index >= 15 is 0 Å². The zero-order valence-corrected chi connectivity index (χ0v) is 14.1. The van der Waals surface area contributed by atoms with E-state index in [1.54, 1.807) is 6.20 Å². The van der Waals surface area contributed by atoms with Crippen LogP contribution in [-0.2, 0) is 5.41 Å². The lowest BCUT2D eigenvalue weighted by Crippen LogP contribution is -2.51. The second kappa shape index (κ2) is 6.70. The summed E-state index contributed by atoms with van der Waals surface area (Å²) in [6.07, 6.45) is 2.04. The van der Waals surface area contributed by atoms with E-state index < -0.39 is 11.6 Å². The van der Waals surface area contributed by atoms with E-state index in [9.17, 15) is 9.65 Å². The van der Waals surface area contributed by atoms with Gasteiger partial charge in [0, 0.05) is 18.8 Å². The summed E-state index contributed by atoms with van der Waals surface area (Å²) in [5.41, 5.74) is 3.28. The fourth-order valence-corrected chi connectivity index (χ4v) is 3.28. The molecule has 24 heavy (non-hydrogen) atoms. The van der Waals surface area contributed by atoms with Crippen LogP contribution in [0, 0.1) is 25.2 Å². The molecule has 2 aromatic rings. The third kappa shape index (κ3) is 3.18. The highest BCUT2D eigenvalue weighted by molar-refractivity contribution is 5.33. The SMILES string of the molecule is Cc1ccc(C(F)CNC2CC(C#N)(c3ccccn3)C2)cc1C. The third-order valence-corrected chi connectivity index (χ3v) is 5.04. The van der Waals surface area contributed by atoms with E-state index in [0.29, 0.717) is 18.4 Å². The number of nitrogens with zero attached hydrogens (tertiary/aromatic N) is 2. The van der Waals surface area contributed by atoms with Crippen LogP contribution in [0.25, 0.3) is 0 Å². The molecule has 1 aromatic carbocycles. The molecule has 0 radical (unpaired) electrons. The van der Waals surface area contributed by atoms with Crippen molar-refractivity contribution in [1.29, 1.82) is 5.26 Å². The number of halogens is 1. The van der Waals surface area contributed by atoms with Gasteiger partial charge in [0.2, 0.25) is 0 Å². The number of nitriles is 1. The minimum absolute atomic E-state index is 0.163. The van der Waals surface area contributed by atoms with E-state index in [2.05, 4.69) is 16.4 Å². The summed E-state index contributed by atoms with van der Waals surface area (Å²) in [7, 11) is 0. The topological polar surface area (TPSA) is 48.7 Å². The lowest BCUT2D eigenvalue weighted by molar-refractivity contribution is 0.202. The molecule has 0 saturated heterocycles. The molecular weight excluding hydrogens is 301 g/mol. The molecule has 3 nitrogen and oxygen atoms in total. The second-order valence-corrected chi connectivity index (χ2v) is 6.73. The first-order valence-corrected chi connectivity index (χ1v) is 8.31. The molecular formula is C20H22FN3. The van der Waals surface area contributed by atoms with Crippen molar-refractivity contribution in [3.8, 4) is 6.07 Å². The van der Waals surface area contributed by atoms with Crippen molar-refractivity contribution in [2.75, 3.05) is 6.54 Å². The Labute approximate surface area is 142 Å². The van der Waals surface area contributed by atoms with Gasteiger partial charge in [-0.2, -0.15) is 5.26 Å². The van der Waals surface area contributed by atoms with Gasteiger partial charge in [0.1, 0.15) is 11.6 Å². The van der Waals surface area contributed by atoms with Gasteiger partial charge in [-0.25, -0.2) is 4.39 Å². The van der Waals surface area contributed by atoms with E-state index in [0.717, 1.165) is 11.3 Å². The van der Waals surface area contributed by atoms with Crippen LogP contribution in [0.1, 0.15) is 41.4 Å². The fourth-order valence-electron chi connectivity index (χ4n) is 3.28. The zero-order valence-electron chi connectivity index (χ0n) is 14.1. The number of nitrogens with one attached hydrogen (secondary N) is 1. The molecule has 1 heterocycles. The highest BCUT2D eigenvalue weighted by Crippen LogP contribution is 2.42. The number of rotatable bonds is 5. The first kappa shape index (κ1) is 16.6. The van der Waals surface area contributed by atoms with Gasteiger partial charge in [0.15, 0.2) is 0 Å². The van der Waals surface area contributed by atoms with Gasteiger partial charge < -0.3 is 5.32 Å². The predicted molar refractivity (Wildman–Crippen MR) is 92.3 cm³/mol. The van der Waals surface area contributed by atoms with Gasteiger partial charge >= 0.3 is 0 Å². The first-order chi connectivity index (χ1) is 11.5. The number of aryl methyl sites for hydroxylation is 2. The van der Waals surface area contributed by atoms with Crippen LogP contribution >= 0.6 is 0 Å². The van der Waals surface area contributed by atoms with Gasteiger partial charge in [0.25, 0.3) is 0 Å². The van der Waals surface area contributed by atoms with E-state index in [4.69, 9.17) is 0 Å². The Balaban J connectivity index is 1.56. The maximum absolute atomic E-state index is 14.4. The number of aromatic nitrogens is 1. The number of hydrogen-bond donors (Lipinski definition) is 1. The fraction of sp³-hybridized carbons (Fsp3) is 0.400. The molecule has 1 unspecified atom stereocenters. The average molecular weight is 323 g/mol. The maximum atomic E-state index is 14.4. The molecule has 0 aliphatic heterocycles.